The number of esters is 1. The van der Waals surface area contributed by atoms with Crippen LogP contribution < -0.4 is 10.6 Å². The third-order valence-electron chi connectivity index (χ3n) is 2.85. The summed E-state index contributed by atoms with van der Waals surface area (Å²) in [5, 5.41) is 4.90. The van der Waals surface area contributed by atoms with Crippen molar-refractivity contribution in [3.8, 4) is 0 Å². The lowest BCUT2D eigenvalue weighted by atomic mass is 10.1. The summed E-state index contributed by atoms with van der Waals surface area (Å²) < 4.78 is 28.8. The highest BCUT2D eigenvalue weighted by atomic mass is 35.5. The van der Waals surface area contributed by atoms with Gasteiger partial charge in [-0.2, -0.15) is 0 Å². The van der Waals surface area contributed by atoms with E-state index < -0.39 is 52.1 Å². The largest absolute Gasteiger partial charge is 0.456 e. The zero-order chi connectivity index (χ0) is 20.0. The van der Waals surface area contributed by atoms with E-state index >= 15 is 0 Å². The van der Waals surface area contributed by atoms with Gasteiger partial charge in [0.2, 0.25) is 0 Å². The third kappa shape index (κ3) is 8.30. The molecule has 0 spiro atoms. The number of ether oxygens (including phenoxy) is 1. The molecule has 144 valence electrons. The van der Waals surface area contributed by atoms with Crippen molar-refractivity contribution >= 4 is 39.3 Å². The van der Waals surface area contributed by atoms with Crippen molar-refractivity contribution in [1.82, 2.24) is 10.6 Å². The molecule has 0 saturated carbocycles. The van der Waals surface area contributed by atoms with Gasteiger partial charge in [0.05, 0.1) is 17.1 Å². The smallest absolute Gasteiger partial charge is 0.321 e. The summed E-state index contributed by atoms with van der Waals surface area (Å²) in [6.07, 6.45) is -0.424. The fraction of sp³-hybridized carbons (Fsp3) is 0.438. The molecule has 0 saturated heterocycles. The number of urea groups is 1. The Labute approximate surface area is 157 Å². The summed E-state index contributed by atoms with van der Waals surface area (Å²) in [6.45, 7) is 4.52. The first-order valence-electron chi connectivity index (χ1n) is 7.65. The number of halogens is 1. The van der Waals surface area contributed by atoms with E-state index in [1.165, 1.54) is 24.3 Å². The number of rotatable bonds is 6. The molecule has 0 unspecified atom stereocenters. The average Bonchev–Trinajstić information content (AvgIpc) is 2.49. The minimum Gasteiger partial charge on any atom is -0.456 e. The summed E-state index contributed by atoms with van der Waals surface area (Å²) in [5.41, 5.74) is -0.531. The molecule has 26 heavy (non-hydrogen) atoms. The minimum absolute atomic E-state index is 0.0336. The van der Waals surface area contributed by atoms with E-state index in [1.54, 1.807) is 20.8 Å². The lowest BCUT2D eigenvalue weighted by Crippen LogP contribution is -2.49. The van der Waals surface area contributed by atoms with Crippen LogP contribution in [0.2, 0.25) is 5.02 Å². The van der Waals surface area contributed by atoms with Gasteiger partial charge in [-0.25, -0.2) is 13.2 Å². The number of imide groups is 1. The van der Waals surface area contributed by atoms with Crippen molar-refractivity contribution < 1.29 is 27.5 Å². The van der Waals surface area contributed by atoms with E-state index in [9.17, 15) is 22.8 Å². The van der Waals surface area contributed by atoms with Gasteiger partial charge in [0.15, 0.2) is 16.4 Å². The first-order chi connectivity index (χ1) is 11.9. The van der Waals surface area contributed by atoms with Crippen LogP contribution >= 0.6 is 11.6 Å². The summed E-state index contributed by atoms with van der Waals surface area (Å²) in [5.74, 6) is -2.16. The number of hydrogen-bond acceptors (Lipinski definition) is 6. The first-order valence-corrected chi connectivity index (χ1v) is 9.68. The SMILES string of the molecule is CC(C)(C)NC(=O)NC(=O)COC(=O)CCS(=O)(=O)c1ccc(Cl)cc1. The zero-order valence-electron chi connectivity index (χ0n) is 14.7. The van der Waals surface area contributed by atoms with Gasteiger partial charge < -0.3 is 10.1 Å². The number of benzene rings is 1. The van der Waals surface area contributed by atoms with Crippen molar-refractivity contribution in [3.05, 3.63) is 29.3 Å². The molecule has 0 fully saturated rings. The maximum atomic E-state index is 12.1. The van der Waals surface area contributed by atoms with Crippen molar-refractivity contribution in [2.75, 3.05) is 12.4 Å². The Kier molecular flexibility index (Phi) is 7.58. The van der Waals surface area contributed by atoms with Crippen LogP contribution in [0.4, 0.5) is 4.79 Å². The number of carbonyl (C=O) groups is 3. The van der Waals surface area contributed by atoms with Gasteiger partial charge in [-0.3, -0.25) is 14.9 Å². The fourth-order valence-electron chi connectivity index (χ4n) is 1.73. The second kappa shape index (κ2) is 9.00. The van der Waals surface area contributed by atoms with Gasteiger partial charge in [-0.1, -0.05) is 11.6 Å². The van der Waals surface area contributed by atoms with Crippen LogP contribution in [-0.4, -0.2) is 44.2 Å². The molecule has 1 aromatic rings. The number of amides is 3. The van der Waals surface area contributed by atoms with Crippen LogP contribution in [0.15, 0.2) is 29.2 Å². The highest BCUT2D eigenvalue weighted by Gasteiger charge is 2.19. The molecular formula is C16H21ClN2O6S. The Hall–Kier alpha value is -2.13. The van der Waals surface area contributed by atoms with Gasteiger partial charge in [-0.05, 0) is 45.0 Å². The second-order valence-electron chi connectivity index (χ2n) is 6.44. The van der Waals surface area contributed by atoms with E-state index in [-0.39, 0.29) is 4.90 Å². The molecule has 0 atom stereocenters. The number of sulfone groups is 1. The van der Waals surface area contributed by atoms with Crippen LogP contribution in [0.25, 0.3) is 0 Å². The highest BCUT2D eigenvalue weighted by Crippen LogP contribution is 2.16. The third-order valence-corrected chi connectivity index (χ3v) is 4.84. The molecule has 0 radical (unpaired) electrons. The monoisotopic (exact) mass is 404 g/mol. The van der Waals surface area contributed by atoms with E-state index in [0.29, 0.717) is 5.02 Å². The van der Waals surface area contributed by atoms with Crippen LogP contribution in [0.3, 0.4) is 0 Å². The zero-order valence-corrected chi connectivity index (χ0v) is 16.2. The van der Waals surface area contributed by atoms with Crippen molar-refractivity contribution in [3.63, 3.8) is 0 Å². The molecule has 3 amide bonds. The Balaban J connectivity index is 2.41. The Bertz CT molecular complexity index is 769. The highest BCUT2D eigenvalue weighted by molar-refractivity contribution is 7.91. The van der Waals surface area contributed by atoms with Crippen molar-refractivity contribution in [1.29, 1.82) is 0 Å². The normalized spacial score (nSPS) is 11.5. The predicted molar refractivity (Wildman–Crippen MR) is 95.5 cm³/mol. The van der Waals surface area contributed by atoms with E-state index in [4.69, 9.17) is 11.6 Å². The summed E-state index contributed by atoms with van der Waals surface area (Å²) in [4.78, 5) is 34.6. The van der Waals surface area contributed by atoms with Gasteiger partial charge in [0, 0.05) is 10.6 Å². The van der Waals surface area contributed by atoms with E-state index in [2.05, 4.69) is 10.1 Å². The maximum Gasteiger partial charge on any atom is 0.321 e. The summed E-state index contributed by atoms with van der Waals surface area (Å²) in [7, 11) is -3.67. The van der Waals surface area contributed by atoms with Gasteiger partial charge >= 0.3 is 12.0 Å². The molecule has 8 nitrogen and oxygen atoms in total. The maximum absolute atomic E-state index is 12.1. The summed E-state index contributed by atoms with van der Waals surface area (Å²) in [6, 6.07) is 4.82. The molecule has 0 aliphatic carbocycles. The van der Waals surface area contributed by atoms with Crippen molar-refractivity contribution in [2.24, 2.45) is 0 Å². The van der Waals surface area contributed by atoms with Crippen LogP contribution in [0.5, 0.6) is 0 Å². The minimum atomic E-state index is -3.67. The van der Waals surface area contributed by atoms with Gasteiger partial charge in [0.25, 0.3) is 5.91 Å². The van der Waals surface area contributed by atoms with Crippen LogP contribution in [0.1, 0.15) is 27.2 Å². The predicted octanol–water partition coefficient (Wildman–Crippen LogP) is 1.67. The Morgan fingerprint density at radius 2 is 1.69 bits per heavy atom. The van der Waals surface area contributed by atoms with Gasteiger partial charge in [0.1, 0.15) is 0 Å². The molecule has 0 bridgehead atoms. The van der Waals surface area contributed by atoms with E-state index in [1.807, 2.05) is 5.32 Å². The fourth-order valence-corrected chi connectivity index (χ4v) is 3.08. The number of carbonyl (C=O) groups excluding carboxylic acids is 3. The van der Waals surface area contributed by atoms with Crippen LogP contribution in [0, 0.1) is 0 Å². The average molecular weight is 405 g/mol. The van der Waals surface area contributed by atoms with Gasteiger partial charge in [-0.15, -0.1) is 0 Å². The van der Waals surface area contributed by atoms with Crippen LogP contribution in [-0.2, 0) is 24.2 Å². The lowest BCUT2D eigenvalue weighted by Gasteiger charge is -2.20. The Morgan fingerprint density at radius 3 is 2.23 bits per heavy atom. The molecule has 0 heterocycles. The Morgan fingerprint density at radius 1 is 1.12 bits per heavy atom. The second-order valence-corrected chi connectivity index (χ2v) is 8.98. The molecule has 10 heteroatoms. The van der Waals surface area contributed by atoms with E-state index in [0.717, 1.165) is 0 Å². The molecule has 0 aliphatic rings. The quantitative estimate of drug-likeness (QED) is 0.696. The lowest BCUT2D eigenvalue weighted by molar-refractivity contribution is -0.147. The topological polar surface area (TPSA) is 119 Å². The number of nitrogens with one attached hydrogen (secondary N) is 2. The van der Waals surface area contributed by atoms with Crippen molar-refractivity contribution in [2.45, 2.75) is 37.6 Å². The molecule has 0 aliphatic heterocycles. The molecule has 1 rings (SSSR count). The summed E-state index contributed by atoms with van der Waals surface area (Å²) >= 11 is 5.70. The number of hydrogen-bond donors (Lipinski definition) is 2. The first kappa shape index (κ1) is 21.9. The molecular weight excluding hydrogens is 384 g/mol. The molecule has 1 aromatic carbocycles. The standard InChI is InChI=1S/C16H21ClN2O6S/c1-16(2,3)19-15(22)18-13(20)10-25-14(21)8-9-26(23,24)12-6-4-11(17)5-7-12/h4-7H,8-10H2,1-3H3,(H2,18,19,20,22). The molecule has 0 aromatic heterocycles. The molecule has 2 N–H and O–H groups in total.